The molecule has 3 rings (SSSR count). The predicted octanol–water partition coefficient (Wildman–Crippen LogP) is 1.97. The summed E-state index contributed by atoms with van der Waals surface area (Å²) in [4.78, 5) is 19.1. The molecular formula is C15H23N3OS. The van der Waals surface area contributed by atoms with Crippen LogP contribution in [0.15, 0.2) is 12.1 Å². The average molecular weight is 293 g/mol. The molecule has 5 heteroatoms. The third kappa shape index (κ3) is 3.05. The van der Waals surface area contributed by atoms with Crippen LogP contribution >= 0.6 is 11.3 Å². The van der Waals surface area contributed by atoms with Gasteiger partial charge in [0.25, 0.3) is 0 Å². The largest absolute Gasteiger partial charge is 0.321 e. The quantitative estimate of drug-likeness (QED) is 0.901. The van der Waals surface area contributed by atoms with Gasteiger partial charge in [0.2, 0.25) is 5.91 Å². The van der Waals surface area contributed by atoms with Crippen molar-refractivity contribution in [2.75, 3.05) is 32.7 Å². The molecule has 0 saturated carbocycles. The summed E-state index contributed by atoms with van der Waals surface area (Å²) in [6, 6.07) is 4.27. The van der Waals surface area contributed by atoms with E-state index in [2.05, 4.69) is 29.3 Å². The molecule has 1 aromatic heterocycles. The lowest BCUT2D eigenvalue weighted by atomic mass is 10.3. The number of carbonyl (C=O) groups is 1. The fraction of sp³-hybridized carbons (Fsp3) is 0.667. The Hall–Kier alpha value is -0.910. The number of nitrogens with one attached hydrogen (secondary N) is 1. The summed E-state index contributed by atoms with van der Waals surface area (Å²) in [6.07, 6.45) is 3.84. The minimum atomic E-state index is 0.0970. The van der Waals surface area contributed by atoms with E-state index >= 15 is 0 Å². The van der Waals surface area contributed by atoms with Crippen molar-refractivity contribution in [2.45, 2.75) is 32.4 Å². The van der Waals surface area contributed by atoms with Crippen molar-refractivity contribution in [1.29, 1.82) is 0 Å². The summed E-state index contributed by atoms with van der Waals surface area (Å²) >= 11 is 1.78. The van der Waals surface area contributed by atoms with Crippen molar-refractivity contribution >= 4 is 17.2 Å². The number of hydrogen-bond acceptors (Lipinski definition) is 4. The Morgan fingerprint density at radius 1 is 1.30 bits per heavy atom. The third-order valence-electron chi connectivity index (χ3n) is 4.18. The average Bonchev–Trinajstić information content (AvgIpc) is 3.13. The maximum Gasteiger partial charge on any atom is 0.238 e. The molecular weight excluding hydrogens is 270 g/mol. The molecule has 2 fully saturated rings. The normalized spacial score (nSPS) is 23.9. The van der Waals surface area contributed by atoms with Crippen LogP contribution < -0.4 is 5.32 Å². The molecule has 0 aromatic carbocycles. The van der Waals surface area contributed by atoms with Crippen LogP contribution in [-0.2, 0) is 4.79 Å². The molecule has 2 saturated heterocycles. The molecule has 2 aliphatic heterocycles. The molecule has 0 radical (unpaired) electrons. The number of thiophene rings is 1. The van der Waals surface area contributed by atoms with Gasteiger partial charge in [-0.1, -0.05) is 0 Å². The highest BCUT2D eigenvalue weighted by Crippen LogP contribution is 2.28. The molecule has 0 bridgehead atoms. The first-order valence-corrected chi connectivity index (χ1v) is 8.37. The van der Waals surface area contributed by atoms with Gasteiger partial charge in [-0.05, 0) is 58.0 Å². The van der Waals surface area contributed by atoms with Crippen molar-refractivity contribution in [3.05, 3.63) is 21.9 Å². The number of carbonyl (C=O) groups excluding carboxylic acids is 1. The number of hydrogen-bond donors (Lipinski definition) is 1. The Balaban J connectivity index is 1.56. The van der Waals surface area contributed by atoms with Gasteiger partial charge in [-0.3, -0.25) is 10.1 Å². The zero-order chi connectivity index (χ0) is 13.9. The summed E-state index contributed by atoms with van der Waals surface area (Å²) in [7, 11) is 0. The van der Waals surface area contributed by atoms with E-state index in [0.717, 1.165) is 19.5 Å². The van der Waals surface area contributed by atoms with E-state index < -0.39 is 0 Å². The van der Waals surface area contributed by atoms with E-state index in [9.17, 15) is 4.79 Å². The SMILES string of the molecule is Cc1ccc(C2NCC(=O)N2CCCN2CCCC2)s1. The first-order valence-electron chi connectivity index (χ1n) is 7.55. The molecule has 20 heavy (non-hydrogen) atoms. The fourth-order valence-electron chi connectivity index (χ4n) is 3.12. The van der Waals surface area contributed by atoms with E-state index in [4.69, 9.17) is 0 Å². The topological polar surface area (TPSA) is 35.6 Å². The fourth-order valence-corrected chi connectivity index (χ4v) is 4.09. The summed E-state index contributed by atoms with van der Waals surface area (Å²) in [6.45, 7) is 7.05. The van der Waals surface area contributed by atoms with Crippen molar-refractivity contribution in [2.24, 2.45) is 0 Å². The number of amides is 1. The monoisotopic (exact) mass is 293 g/mol. The summed E-state index contributed by atoms with van der Waals surface area (Å²) in [5.41, 5.74) is 0. The lowest BCUT2D eigenvalue weighted by molar-refractivity contribution is -0.128. The first kappa shape index (κ1) is 14.0. The van der Waals surface area contributed by atoms with Crippen LogP contribution in [0.1, 0.15) is 35.2 Å². The lowest BCUT2D eigenvalue weighted by Crippen LogP contribution is -2.33. The van der Waals surface area contributed by atoms with Gasteiger partial charge < -0.3 is 9.80 Å². The molecule has 1 aromatic rings. The Bertz CT molecular complexity index is 467. The van der Waals surface area contributed by atoms with E-state index in [1.807, 2.05) is 4.90 Å². The van der Waals surface area contributed by atoms with Crippen LogP contribution in [0.2, 0.25) is 0 Å². The Morgan fingerprint density at radius 2 is 2.10 bits per heavy atom. The van der Waals surface area contributed by atoms with Crippen LogP contribution in [0.4, 0.5) is 0 Å². The molecule has 4 nitrogen and oxygen atoms in total. The highest BCUT2D eigenvalue weighted by atomic mass is 32.1. The van der Waals surface area contributed by atoms with Crippen LogP contribution in [-0.4, -0.2) is 48.4 Å². The van der Waals surface area contributed by atoms with Gasteiger partial charge in [-0.2, -0.15) is 0 Å². The molecule has 1 unspecified atom stereocenters. The summed E-state index contributed by atoms with van der Waals surface area (Å²) in [5, 5.41) is 3.34. The number of aryl methyl sites for hydroxylation is 1. The molecule has 1 N–H and O–H groups in total. The maximum atomic E-state index is 12.0. The lowest BCUT2D eigenvalue weighted by Gasteiger charge is -2.24. The van der Waals surface area contributed by atoms with Gasteiger partial charge in [0, 0.05) is 16.3 Å². The molecule has 110 valence electrons. The van der Waals surface area contributed by atoms with Crippen molar-refractivity contribution in [3.63, 3.8) is 0 Å². The van der Waals surface area contributed by atoms with Crippen LogP contribution in [0.25, 0.3) is 0 Å². The van der Waals surface area contributed by atoms with Gasteiger partial charge in [-0.25, -0.2) is 0 Å². The van der Waals surface area contributed by atoms with Gasteiger partial charge >= 0.3 is 0 Å². The van der Waals surface area contributed by atoms with E-state index in [1.165, 1.54) is 35.7 Å². The molecule has 1 atom stereocenters. The molecule has 1 amide bonds. The summed E-state index contributed by atoms with van der Waals surface area (Å²) in [5.74, 6) is 0.238. The number of rotatable bonds is 5. The van der Waals surface area contributed by atoms with Crippen LogP contribution in [0, 0.1) is 6.92 Å². The minimum absolute atomic E-state index is 0.0970. The van der Waals surface area contributed by atoms with E-state index in [1.54, 1.807) is 11.3 Å². The standard InChI is InChI=1S/C15H23N3OS/c1-12-5-6-13(20-12)15-16-11-14(19)18(15)10-4-9-17-7-2-3-8-17/h5-6,15-16H,2-4,7-11H2,1H3. The minimum Gasteiger partial charge on any atom is -0.321 e. The maximum absolute atomic E-state index is 12.0. The second-order valence-electron chi connectivity index (χ2n) is 5.72. The van der Waals surface area contributed by atoms with Gasteiger partial charge in [0.05, 0.1) is 6.54 Å². The van der Waals surface area contributed by atoms with Crippen molar-refractivity contribution in [3.8, 4) is 0 Å². The van der Waals surface area contributed by atoms with Crippen molar-refractivity contribution in [1.82, 2.24) is 15.1 Å². The second kappa shape index (κ2) is 6.24. The molecule has 2 aliphatic rings. The van der Waals surface area contributed by atoms with Gasteiger partial charge in [0.1, 0.15) is 6.17 Å². The Labute approximate surface area is 124 Å². The molecule has 0 spiro atoms. The van der Waals surface area contributed by atoms with Gasteiger partial charge in [0.15, 0.2) is 0 Å². The zero-order valence-electron chi connectivity index (χ0n) is 12.1. The second-order valence-corrected chi connectivity index (χ2v) is 7.04. The number of nitrogens with zero attached hydrogens (tertiary/aromatic N) is 2. The molecule has 3 heterocycles. The smallest absolute Gasteiger partial charge is 0.238 e. The first-order chi connectivity index (χ1) is 9.74. The van der Waals surface area contributed by atoms with E-state index in [0.29, 0.717) is 6.54 Å². The number of likely N-dealkylation sites (tertiary alicyclic amines) is 1. The summed E-state index contributed by atoms with van der Waals surface area (Å²) < 4.78 is 0. The predicted molar refractivity (Wildman–Crippen MR) is 81.8 cm³/mol. The highest BCUT2D eigenvalue weighted by molar-refractivity contribution is 7.12. The Kier molecular flexibility index (Phi) is 4.38. The Morgan fingerprint density at radius 3 is 2.80 bits per heavy atom. The van der Waals surface area contributed by atoms with E-state index in [-0.39, 0.29) is 12.1 Å². The van der Waals surface area contributed by atoms with Gasteiger partial charge in [-0.15, -0.1) is 11.3 Å². The third-order valence-corrected chi connectivity index (χ3v) is 5.23. The van der Waals surface area contributed by atoms with Crippen molar-refractivity contribution < 1.29 is 4.79 Å². The highest BCUT2D eigenvalue weighted by Gasteiger charge is 2.31. The zero-order valence-corrected chi connectivity index (χ0v) is 12.9. The van der Waals surface area contributed by atoms with Crippen LogP contribution in [0.3, 0.4) is 0 Å². The van der Waals surface area contributed by atoms with Crippen LogP contribution in [0.5, 0.6) is 0 Å². The molecule has 0 aliphatic carbocycles.